The van der Waals surface area contributed by atoms with Crippen LogP contribution in [0.3, 0.4) is 0 Å². The fourth-order valence-corrected chi connectivity index (χ4v) is 1.83. The first-order valence-electron chi connectivity index (χ1n) is 6.36. The van der Waals surface area contributed by atoms with Gasteiger partial charge in [-0.05, 0) is 46.3 Å². The Bertz CT molecular complexity index is 285. The summed E-state index contributed by atoms with van der Waals surface area (Å²) >= 11 is 0. The fraction of sp³-hybridized carbons (Fsp3) is 0.917. The van der Waals surface area contributed by atoms with E-state index in [9.17, 15) is 18.0 Å². The van der Waals surface area contributed by atoms with Crippen molar-refractivity contribution in [2.75, 3.05) is 26.7 Å². The SMILES string of the molecule is CCCN(CCCC(C)(NC)C(=O)O)CC(F)(F)F. The van der Waals surface area contributed by atoms with Crippen molar-refractivity contribution >= 4 is 5.97 Å². The highest BCUT2D eigenvalue weighted by Crippen LogP contribution is 2.18. The molecule has 4 nitrogen and oxygen atoms in total. The summed E-state index contributed by atoms with van der Waals surface area (Å²) in [5, 5.41) is 11.7. The minimum atomic E-state index is -4.21. The lowest BCUT2D eigenvalue weighted by molar-refractivity contribution is -0.148. The topological polar surface area (TPSA) is 52.6 Å². The number of nitrogens with one attached hydrogen (secondary N) is 1. The van der Waals surface area contributed by atoms with Gasteiger partial charge in [0.1, 0.15) is 5.54 Å². The molecule has 0 aliphatic rings. The highest BCUT2D eigenvalue weighted by Gasteiger charge is 2.32. The number of alkyl halides is 3. The van der Waals surface area contributed by atoms with Crippen LogP contribution in [0.4, 0.5) is 13.2 Å². The molecule has 2 N–H and O–H groups in total. The van der Waals surface area contributed by atoms with Crippen molar-refractivity contribution in [3.8, 4) is 0 Å². The van der Waals surface area contributed by atoms with E-state index in [-0.39, 0.29) is 13.0 Å². The Morgan fingerprint density at radius 3 is 2.26 bits per heavy atom. The van der Waals surface area contributed by atoms with Crippen LogP contribution in [0.2, 0.25) is 0 Å². The number of carbonyl (C=O) groups is 1. The van der Waals surface area contributed by atoms with Crippen LogP contribution in [-0.4, -0.2) is 54.4 Å². The van der Waals surface area contributed by atoms with Gasteiger partial charge in [-0.2, -0.15) is 13.2 Å². The van der Waals surface area contributed by atoms with E-state index in [2.05, 4.69) is 5.32 Å². The third-order valence-electron chi connectivity index (χ3n) is 3.12. The largest absolute Gasteiger partial charge is 0.480 e. The van der Waals surface area contributed by atoms with Gasteiger partial charge in [-0.3, -0.25) is 9.69 Å². The van der Waals surface area contributed by atoms with Crippen LogP contribution in [-0.2, 0) is 4.79 Å². The predicted octanol–water partition coefficient (Wildman–Crippen LogP) is 2.10. The van der Waals surface area contributed by atoms with E-state index in [4.69, 9.17) is 5.11 Å². The van der Waals surface area contributed by atoms with E-state index in [0.29, 0.717) is 19.4 Å². The molecule has 0 fully saturated rings. The van der Waals surface area contributed by atoms with Crippen molar-refractivity contribution in [1.29, 1.82) is 0 Å². The van der Waals surface area contributed by atoms with E-state index >= 15 is 0 Å². The van der Waals surface area contributed by atoms with Gasteiger partial charge in [0.25, 0.3) is 0 Å². The van der Waals surface area contributed by atoms with Crippen LogP contribution in [0.25, 0.3) is 0 Å². The summed E-state index contributed by atoms with van der Waals surface area (Å²) in [6.07, 6.45) is -2.89. The smallest absolute Gasteiger partial charge is 0.401 e. The summed E-state index contributed by atoms with van der Waals surface area (Å²) < 4.78 is 37.0. The van der Waals surface area contributed by atoms with Gasteiger partial charge < -0.3 is 10.4 Å². The van der Waals surface area contributed by atoms with Crippen molar-refractivity contribution in [1.82, 2.24) is 10.2 Å². The maximum atomic E-state index is 12.3. The highest BCUT2D eigenvalue weighted by atomic mass is 19.4. The average Bonchev–Trinajstić information content (AvgIpc) is 2.26. The van der Waals surface area contributed by atoms with Crippen LogP contribution >= 0.6 is 0 Å². The van der Waals surface area contributed by atoms with Crippen molar-refractivity contribution in [2.24, 2.45) is 0 Å². The van der Waals surface area contributed by atoms with Gasteiger partial charge in [0.2, 0.25) is 0 Å². The Labute approximate surface area is 112 Å². The number of rotatable bonds is 9. The number of hydrogen-bond acceptors (Lipinski definition) is 3. The Hall–Kier alpha value is -0.820. The van der Waals surface area contributed by atoms with E-state index < -0.39 is 24.2 Å². The normalized spacial score (nSPS) is 15.5. The van der Waals surface area contributed by atoms with Gasteiger partial charge in [0.05, 0.1) is 6.54 Å². The fourth-order valence-electron chi connectivity index (χ4n) is 1.83. The second-order valence-corrected chi connectivity index (χ2v) is 4.88. The van der Waals surface area contributed by atoms with Crippen molar-refractivity contribution in [2.45, 2.75) is 44.8 Å². The number of carboxylic acids is 1. The second-order valence-electron chi connectivity index (χ2n) is 4.88. The lowest BCUT2D eigenvalue weighted by Gasteiger charge is -2.27. The monoisotopic (exact) mass is 284 g/mol. The number of halogens is 3. The van der Waals surface area contributed by atoms with Gasteiger partial charge in [-0.1, -0.05) is 6.92 Å². The second kappa shape index (κ2) is 7.69. The Morgan fingerprint density at radius 1 is 1.32 bits per heavy atom. The molecule has 0 aromatic carbocycles. The minimum absolute atomic E-state index is 0.248. The molecule has 0 bridgehead atoms. The summed E-state index contributed by atoms with van der Waals surface area (Å²) in [4.78, 5) is 12.3. The average molecular weight is 284 g/mol. The summed E-state index contributed by atoms with van der Waals surface area (Å²) in [5.74, 6) is -0.993. The first-order valence-corrected chi connectivity index (χ1v) is 6.36. The molecule has 0 saturated heterocycles. The van der Waals surface area contributed by atoms with Crippen molar-refractivity contribution in [3.63, 3.8) is 0 Å². The molecule has 0 aromatic heterocycles. The minimum Gasteiger partial charge on any atom is -0.480 e. The maximum Gasteiger partial charge on any atom is 0.401 e. The molecule has 0 rings (SSSR count). The zero-order chi connectivity index (χ0) is 15.1. The standard InChI is InChI=1S/C12H23F3N2O2/c1-4-7-17(9-12(13,14)15)8-5-6-11(2,16-3)10(18)19/h16H,4-9H2,1-3H3,(H,18,19). The number of aliphatic carboxylic acids is 1. The van der Waals surface area contributed by atoms with E-state index in [1.165, 1.54) is 18.9 Å². The number of hydrogen-bond donors (Lipinski definition) is 2. The quantitative estimate of drug-likeness (QED) is 0.681. The maximum absolute atomic E-state index is 12.3. The molecular formula is C12H23F3N2O2. The van der Waals surface area contributed by atoms with Crippen LogP contribution in [0, 0.1) is 0 Å². The van der Waals surface area contributed by atoms with Crippen molar-refractivity contribution < 1.29 is 23.1 Å². The summed E-state index contributed by atoms with van der Waals surface area (Å²) in [5.41, 5.74) is -1.09. The van der Waals surface area contributed by atoms with E-state index in [1.54, 1.807) is 0 Å². The lowest BCUT2D eigenvalue weighted by atomic mass is 9.96. The van der Waals surface area contributed by atoms with Crippen LogP contribution in [0.5, 0.6) is 0 Å². The molecule has 0 radical (unpaired) electrons. The van der Waals surface area contributed by atoms with Gasteiger partial charge >= 0.3 is 12.1 Å². The Balaban J connectivity index is 4.29. The van der Waals surface area contributed by atoms with Gasteiger partial charge in [-0.15, -0.1) is 0 Å². The van der Waals surface area contributed by atoms with E-state index in [0.717, 1.165) is 0 Å². The molecule has 7 heteroatoms. The molecule has 1 atom stereocenters. The molecule has 1 unspecified atom stereocenters. The van der Waals surface area contributed by atoms with E-state index in [1.807, 2.05) is 6.92 Å². The molecule has 0 aromatic rings. The molecule has 0 heterocycles. The highest BCUT2D eigenvalue weighted by molar-refractivity contribution is 5.78. The Kier molecular flexibility index (Phi) is 7.36. The molecule has 0 amide bonds. The van der Waals surface area contributed by atoms with Gasteiger partial charge in [-0.25, -0.2) is 0 Å². The third kappa shape index (κ3) is 7.37. The molecule has 0 spiro atoms. The zero-order valence-corrected chi connectivity index (χ0v) is 11.7. The number of likely N-dealkylation sites (N-methyl/N-ethyl adjacent to an activating group) is 1. The number of carboxylic acid groups (broad SMARTS) is 1. The lowest BCUT2D eigenvalue weighted by Crippen LogP contribution is -2.48. The molecule has 19 heavy (non-hydrogen) atoms. The first-order chi connectivity index (χ1) is 8.64. The van der Waals surface area contributed by atoms with Gasteiger partial charge in [0, 0.05) is 0 Å². The first kappa shape index (κ1) is 18.2. The number of nitrogens with zero attached hydrogens (tertiary/aromatic N) is 1. The zero-order valence-electron chi connectivity index (χ0n) is 11.7. The molecular weight excluding hydrogens is 261 g/mol. The molecule has 0 saturated carbocycles. The third-order valence-corrected chi connectivity index (χ3v) is 3.12. The van der Waals surface area contributed by atoms with Crippen LogP contribution in [0.15, 0.2) is 0 Å². The van der Waals surface area contributed by atoms with Crippen molar-refractivity contribution in [3.05, 3.63) is 0 Å². The molecule has 0 aliphatic heterocycles. The van der Waals surface area contributed by atoms with Crippen LogP contribution in [0.1, 0.15) is 33.1 Å². The Morgan fingerprint density at radius 2 is 1.89 bits per heavy atom. The summed E-state index contributed by atoms with van der Waals surface area (Å²) in [6.45, 7) is 3.02. The van der Waals surface area contributed by atoms with Crippen LogP contribution < -0.4 is 5.32 Å². The van der Waals surface area contributed by atoms with Gasteiger partial charge in [0.15, 0.2) is 0 Å². The molecule has 114 valence electrons. The molecule has 0 aliphatic carbocycles. The summed E-state index contributed by atoms with van der Waals surface area (Å²) in [7, 11) is 1.54. The predicted molar refractivity (Wildman–Crippen MR) is 67.1 cm³/mol. The summed E-state index contributed by atoms with van der Waals surface area (Å²) in [6, 6.07) is 0.